The lowest BCUT2D eigenvalue weighted by atomic mass is 10.00. The van der Waals surface area contributed by atoms with E-state index in [0.29, 0.717) is 19.4 Å². The van der Waals surface area contributed by atoms with Crippen molar-refractivity contribution in [1.29, 1.82) is 0 Å². The molecule has 0 aromatic heterocycles. The lowest BCUT2D eigenvalue weighted by Gasteiger charge is -2.21. The standard InChI is InChI=1S/C15H23FN2O/c1-15(2,17)10-8-14(19)18(3)11-9-12-4-6-13(16)7-5-12/h4-7H,8-11,17H2,1-3H3. The number of hydrogen-bond donors (Lipinski definition) is 1. The van der Waals surface area contributed by atoms with Crippen LogP contribution in [0.1, 0.15) is 32.3 Å². The summed E-state index contributed by atoms with van der Waals surface area (Å²) >= 11 is 0. The quantitative estimate of drug-likeness (QED) is 0.859. The number of nitrogens with two attached hydrogens (primary N) is 1. The molecule has 0 saturated carbocycles. The van der Waals surface area contributed by atoms with Crippen LogP contribution in [0.25, 0.3) is 0 Å². The smallest absolute Gasteiger partial charge is 0.222 e. The lowest BCUT2D eigenvalue weighted by molar-refractivity contribution is -0.130. The van der Waals surface area contributed by atoms with E-state index in [1.165, 1.54) is 12.1 Å². The van der Waals surface area contributed by atoms with Crippen molar-refractivity contribution in [2.24, 2.45) is 5.73 Å². The summed E-state index contributed by atoms with van der Waals surface area (Å²) in [4.78, 5) is 13.6. The zero-order valence-corrected chi connectivity index (χ0v) is 11.9. The van der Waals surface area contributed by atoms with Gasteiger partial charge in [0.2, 0.25) is 5.91 Å². The van der Waals surface area contributed by atoms with Crippen LogP contribution in [-0.2, 0) is 11.2 Å². The maximum absolute atomic E-state index is 12.7. The van der Waals surface area contributed by atoms with E-state index < -0.39 is 0 Å². The minimum absolute atomic E-state index is 0.0978. The van der Waals surface area contributed by atoms with Crippen LogP contribution in [-0.4, -0.2) is 29.9 Å². The van der Waals surface area contributed by atoms with Gasteiger partial charge < -0.3 is 10.6 Å². The molecule has 106 valence electrons. The third-order valence-corrected chi connectivity index (χ3v) is 3.06. The molecule has 0 heterocycles. The maximum Gasteiger partial charge on any atom is 0.222 e. The van der Waals surface area contributed by atoms with E-state index in [1.807, 2.05) is 13.8 Å². The molecule has 4 heteroatoms. The third-order valence-electron chi connectivity index (χ3n) is 3.06. The van der Waals surface area contributed by atoms with Crippen molar-refractivity contribution in [3.63, 3.8) is 0 Å². The molecule has 0 aliphatic carbocycles. The fourth-order valence-corrected chi connectivity index (χ4v) is 1.69. The van der Waals surface area contributed by atoms with Crippen LogP contribution in [0.4, 0.5) is 4.39 Å². The van der Waals surface area contributed by atoms with E-state index in [-0.39, 0.29) is 17.3 Å². The maximum atomic E-state index is 12.7. The second-order valence-corrected chi connectivity index (χ2v) is 5.68. The van der Waals surface area contributed by atoms with E-state index in [0.717, 1.165) is 12.0 Å². The molecule has 1 rings (SSSR count). The molecular weight excluding hydrogens is 243 g/mol. The average Bonchev–Trinajstić information content (AvgIpc) is 2.34. The predicted molar refractivity (Wildman–Crippen MR) is 75.2 cm³/mol. The van der Waals surface area contributed by atoms with Gasteiger partial charge in [-0.05, 0) is 44.4 Å². The Morgan fingerprint density at radius 3 is 2.42 bits per heavy atom. The van der Waals surface area contributed by atoms with Crippen LogP contribution in [0.3, 0.4) is 0 Å². The second-order valence-electron chi connectivity index (χ2n) is 5.68. The van der Waals surface area contributed by atoms with Gasteiger partial charge in [-0.15, -0.1) is 0 Å². The summed E-state index contributed by atoms with van der Waals surface area (Å²) in [5.74, 6) is -0.140. The lowest BCUT2D eigenvalue weighted by Crippen LogP contribution is -2.35. The topological polar surface area (TPSA) is 46.3 Å². The van der Waals surface area contributed by atoms with Crippen molar-refractivity contribution in [2.75, 3.05) is 13.6 Å². The summed E-state index contributed by atoms with van der Waals surface area (Å²) in [6.07, 6.45) is 1.87. The minimum Gasteiger partial charge on any atom is -0.345 e. The summed E-state index contributed by atoms with van der Waals surface area (Å²) in [6.45, 7) is 4.47. The number of carbonyl (C=O) groups is 1. The zero-order chi connectivity index (χ0) is 14.5. The van der Waals surface area contributed by atoms with E-state index in [4.69, 9.17) is 5.73 Å². The van der Waals surface area contributed by atoms with Crippen LogP contribution in [0.5, 0.6) is 0 Å². The molecule has 0 atom stereocenters. The summed E-state index contributed by atoms with van der Waals surface area (Å²) in [5.41, 5.74) is 6.57. The molecule has 3 nitrogen and oxygen atoms in total. The monoisotopic (exact) mass is 266 g/mol. The van der Waals surface area contributed by atoms with Crippen molar-refractivity contribution in [3.8, 4) is 0 Å². The van der Waals surface area contributed by atoms with Gasteiger partial charge in [0.15, 0.2) is 0 Å². The van der Waals surface area contributed by atoms with Crippen LogP contribution in [0.15, 0.2) is 24.3 Å². The first kappa shape index (κ1) is 15.6. The summed E-state index contributed by atoms with van der Waals surface area (Å²) in [7, 11) is 1.79. The Morgan fingerprint density at radius 2 is 1.89 bits per heavy atom. The first-order valence-electron chi connectivity index (χ1n) is 6.55. The van der Waals surface area contributed by atoms with Gasteiger partial charge in [0.1, 0.15) is 5.82 Å². The number of benzene rings is 1. The normalized spacial score (nSPS) is 11.4. The molecule has 0 radical (unpaired) electrons. The van der Waals surface area contributed by atoms with Crippen LogP contribution in [0.2, 0.25) is 0 Å². The van der Waals surface area contributed by atoms with E-state index >= 15 is 0 Å². The van der Waals surface area contributed by atoms with Gasteiger partial charge in [0.05, 0.1) is 0 Å². The van der Waals surface area contributed by atoms with Crippen LogP contribution >= 0.6 is 0 Å². The van der Waals surface area contributed by atoms with Crippen molar-refractivity contribution in [3.05, 3.63) is 35.6 Å². The highest BCUT2D eigenvalue weighted by atomic mass is 19.1. The third kappa shape index (κ3) is 6.34. The number of nitrogens with zero attached hydrogens (tertiary/aromatic N) is 1. The molecule has 0 fully saturated rings. The summed E-state index contributed by atoms with van der Waals surface area (Å²) in [6, 6.07) is 6.37. The molecule has 1 aromatic carbocycles. The molecule has 0 spiro atoms. The first-order chi connectivity index (χ1) is 8.78. The molecule has 0 saturated heterocycles. The van der Waals surface area contributed by atoms with Gasteiger partial charge in [-0.25, -0.2) is 4.39 Å². The highest BCUT2D eigenvalue weighted by Crippen LogP contribution is 2.09. The van der Waals surface area contributed by atoms with E-state index in [1.54, 1.807) is 24.1 Å². The predicted octanol–water partition coefficient (Wildman–Crippen LogP) is 2.34. The number of carbonyl (C=O) groups excluding carboxylic acids is 1. The number of halogens is 1. The Morgan fingerprint density at radius 1 is 1.32 bits per heavy atom. The molecule has 1 aromatic rings. The van der Waals surface area contributed by atoms with Gasteiger partial charge in [0, 0.05) is 25.6 Å². The van der Waals surface area contributed by atoms with E-state index in [9.17, 15) is 9.18 Å². The first-order valence-corrected chi connectivity index (χ1v) is 6.55. The second kappa shape index (κ2) is 6.66. The van der Waals surface area contributed by atoms with E-state index in [2.05, 4.69) is 0 Å². The largest absolute Gasteiger partial charge is 0.345 e. The van der Waals surface area contributed by atoms with Crippen LogP contribution < -0.4 is 5.73 Å². The van der Waals surface area contributed by atoms with Gasteiger partial charge in [-0.2, -0.15) is 0 Å². The molecule has 2 N–H and O–H groups in total. The molecule has 1 amide bonds. The van der Waals surface area contributed by atoms with Gasteiger partial charge in [-0.1, -0.05) is 12.1 Å². The van der Waals surface area contributed by atoms with Crippen LogP contribution in [0, 0.1) is 5.82 Å². The highest BCUT2D eigenvalue weighted by molar-refractivity contribution is 5.75. The molecule has 0 unspecified atom stereocenters. The Bertz CT molecular complexity index is 409. The fourth-order valence-electron chi connectivity index (χ4n) is 1.69. The van der Waals surface area contributed by atoms with Crippen molar-refractivity contribution >= 4 is 5.91 Å². The SMILES string of the molecule is CN(CCc1ccc(F)cc1)C(=O)CCC(C)(C)N. The van der Waals surface area contributed by atoms with Gasteiger partial charge in [-0.3, -0.25) is 4.79 Å². The van der Waals surface area contributed by atoms with Gasteiger partial charge in [0.25, 0.3) is 0 Å². The molecule has 19 heavy (non-hydrogen) atoms. The molecule has 0 aliphatic rings. The Kier molecular flexibility index (Phi) is 5.48. The number of amides is 1. The van der Waals surface area contributed by atoms with Crippen molar-refractivity contribution in [1.82, 2.24) is 4.90 Å². The van der Waals surface area contributed by atoms with Gasteiger partial charge >= 0.3 is 0 Å². The summed E-state index contributed by atoms with van der Waals surface area (Å²) in [5, 5.41) is 0. The molecule has 0 aliphatic heterocycles. The summed E-state index contributed by atoms with van der Waals surface area (Å²) < 4.78 is 12.7. The zero-order valence-electron chi connectivity index (χ0n) is 11.9. The number of likely N-dealkylation sites (N-methyl/N-ethyl adjacent to an activating group) is 1. The Labute approximate surface area is 114 Å². The van der Waals surface area contributed by atoms with Crippen molar-refractivity contribution < 1.29 is 9.18 Å². The Hall–Kier alpha value is -1.42. The minimum atomic E-state index is -0.312. The average molecular weight is 266 g/mol. The number of hydrogen-bond acceptors (Lipinski definition) is 2. The highest BCUT2D eigenvalue weighted by Gasteiger charge is 2.15. The Balaban J connectivity index is 2.36. The fraction of sp³-hybridized carbons (Fsp3) is 0.533. The number of rotatable bonds is 6. The molecular formula is C15H23FN2O. The molecule has 0 bridgehead atoms. The van der Waals surface area contributed by atoms with Crippen molar-refractivity contribution in [2.45, 2.75) is 38.6 Å².